The number of benzene rings is 8. The fourth-order valence-electron chi connectivity index (χ4n) is 7.83. The van der Waals surface area contributed by atoms with Gasteiger partial charge in [0.15, 0.2) is 14.3 Å². The van der Waals surface area contributed by atoms with Crippen molar-refractivity contribution in [3.8, 4) is 11.1 Å². The van der Waals surface area contributed by atoms with Crippen molar-refractivity contribution in [1.29, 1.82) is 0 Å². The van der Waals surface area contributed by atoms with E-state index in [1.165, 1.54) is 24.3 Å². The maximum atomic E-state index is 16.6. The predicted molar refractivity (Wildman–Crippen MR) is 225 cm³/mol. The fourth-order valence-corrected chi connectivity index (χ4v) is 13.8. The molecule has 2 unspecified atom stereocenters. The van der Waals surface area contributed by atoms with Crippen LogP contribution in [0.4, 0.5) is 26.3 Å². The van der Waals surface area contributed by atoms with E-state index in [2.05, 4.69) is 0 Å². The molecule has 8 aromatic carbocycles. The summed E-state index contributed by atoms with van der Waals surface area (Å²) in [6, 6.07) is 44.1. The monoisotopic (exact) mass is 818 g/mol. The molecule has 0 heterocycles. The minimum Gasteiger partial charge on any atom is -0.309 e. The molecule has 0 aliphatic carbocycles. The summed E-state index contributed by atoms with van der Waals surface area (Å²) in [5, 5.41) is 3.34. The standard InChI is InChI=1S/C48H34F6O2P2/c1-31-11-7-17-37(27-31)57(55,39-19-9-15-35(29-39)47(49,50)51)43-25-23-33-13-3-5-21-41(33)45(43)46-42-22-6-4-14-34(42)24-26-44(46)58(56,38-18-8-12-32(2)28-38)40-20-10-16-36(30-40)48(52,53)54/h3-30H,1-2H3. The van der Waals surface area contributed by atoms with E-state index in [0.29, 0.717) is 32.7 Å². The third-order valence-corrected chi connectivity index (χ3v) is 16.7. The number of fused-ring (bicyclic) bond motifs is 2. The van der Waals surface area contributed by atoms with Crippen molar-refractivity contribution in [3.63, 3.8) is 0 Å². The van der Waals surface area contributed by atoms with E-state index >= 15 is 9.13 Å². The van der Waals surface area contributed by atoms with Crippen LogP contribution < -0.4 is 31.8 Å². The second-order valence-corrected chi connectivity index (χ2v) is 19.8. The van der Waals surface area contributed by atoms with Gasteiger partial charge in [-0.05, 0) is 83.9 Å². The molecule has 0 amide bonds. The zero-order valence-corrected chi connectivity index (χ0v) is 32.9. The van der Waals surface area contributed by atoms with Gasteiger partial charge in [-0.2, -0.15) is 26.3 Å². The van der Waals surface area contributed by atoms with Crippen molar-refractivity contribution < 1.29 is 35.5 Å². The van der Waals surface area contributed by atoms with Gasteiger partial charge in [-0.3, -0.25) is 0 Å². The molecule has 2 atom stereocenters. The molecule has 8 aromatic rings. The zero-order chi connectivity index (χ0) is 41.0. The summed E-state index contributed by atoms with van der Waals surface area (Å²) in [7, 11) is -8.56. The highest BCUT2D eigenvalue weighted by Crippen LogP contribution is 2.52. The van der Waals surface area contributed by atoms with E-state index < -0.39 is 37.8 Å². The highest BCUT2D eigenvalue weighted by atomic mass is 31.2. The summed E-state index contributed by atoms with van der Waals surface area (Å²) >= 11 is 0. The average molecular weight is 819 g/mol. The Balaban J connectivity index is 1.59. The molecular formula is C48H34F6O2P2. The van der Waals surface area contributed by atoms with Crippen LogP contribution in [0.25, 0.3) is 32.7 Å². The number of rotatable bonds is 7. The Morgan fingerprint density at radius 3 is 1.09 bits per heavy atom. The maximum absolute atomic E-state index is 16.6. The lowest BCUT2D eigenvalue weighted by molar-refractivity contribution is -0.138. The molecule has 10 heteroatoms. The second kappa shape index (κ2) is 14.6. The lowest BCUT2D eigenvalue weighted by Gasteiger charge is -2.29. The minimum atomic E-state index is -4.74. The molecular weight excluding hydrogens is 784 g/mol. The Morgan fingerprint density at radius 1 is 0.379 bits per heavy atom. The van der Waals surface area contributed by atoms with Crippen molar-refractivity contribution in [2.75, 3.05) is 0 Å². The molecule has 8 rings (SSSR count). The lowest BCUT2D eigenvalue weighted by atomic mass is 9.93. The van der Waals surface area contributed by atoms with E-state index in [1.54, 1.807) is 98.8 Å². The van der Waals surface area contributed by atoms with Crippen molar-refractivity contribution in [2.45, 2.75) is 26.2 Å². The molecule has 0 aliphatic rings. The van der Waals surface area contributed by atoms with Crippen LogP contribution in [0.15, 0.2) is 170 Å². The molecule has 0 spiro atoms. The Labute approximate surface area is 331 Å². The third-order valence-electron chi connectivity index (χ3n) is 10.5. The van der Waals surface area contributed by atoms with Crippen LogP contribution in [0.5, 0.6) is 0 Å². The van der Waals surface area contributed by atoms with Gasteiger partial charge in [-0.25, -0.2) is 0 Å². The molecule has 2 nitrogen and oxygen atoms in total. The van der Waals surface area contributed by atoms with E-state index in [-0.39, 0.29) is 31.8 Å². The van der Waals surface area contributed by atoms with Gasteiger partial charge >= 0.3 is 12.4 Å². The summed E-state index contributed by atoms with van der Waals surface area (Å²) in [6.45, 7) is 3.61. The second-order valence-electron chi connectivity index (χ2n) is 14.4. The van der Waals surface area contributed by atoms with Gasteiger partial charge in [0.05, 0.1) is 11.1 Å². The Hall–Kier alpha value is -5.68. The normalized spacial score (nSPS) is 14.3. The molecule has 0 fully saturated rings. The van der Waals surface area contributed by atoms with E-state index in [0.717, 1.165) is 35.4 Å². The maximum Gasteiger partial charge on any atom is 0.416 e. The highest BCUT2D eigenvalue weighted by molar-refractivity contribution is 7.86. The number of halogens is 6. The molecule has 0 saturated carbocycles. The summed E-state index contributed by atoms with van der Waals surface area (Å²) in [5.41, 5.74) is 0.218. The SMILES string of the molecule is Cc1cccc(P(=O)(c2cccc(C(F)(F)F)c2)c2ccc3ccccc3c2-c2c(P(=O)(c3cccc(C)c3)c3cccc(C(F)(F)F)c3)ccc3ccccc23)c1. The number of hydrogen-bond acceptors (Lipinski definition) is 2. The summed E-state index contributed by atoms with van der Waals surface area (Å²) < 4.78 is 120. The Kier molecular flexibility index (Phi) is 9.86. The third kappa shape index (κ3) is 6.78. The van der Waals surface area contributed by atoms with Crippen LogP contribution in [0.3, 0.4) is 0 Å². The quantitative estimate of drug-likeness (QED) is 0.119. The first kappa shape index (κ1) is 39.2. The van der Waals surface area contributed by atoms with Gasteiger partial charge in [0.1, 0.15) is 0 Å². The van der Waals surface area contributed by atoms with Crippen molar-refractivity contribution in [1.82, 2.24) is 0 Å². The Bertz CT molecular complexity index is 2780. The molecule has 0 radical (unpaired) electrons. The van der Waals surface area contributed by atoms with Gasteiger partial charge in [-0.1, -0.05) is 132 Å². The first-order valence-electron chi connectivity index (χ1n) is 18.4. The summed E-state index contributed by atoms with van der Waals surface area (Å²) in [5.74, 6) is 0. The van der Waals surface area contributed by atoms with Crippen molar-refractivity contribution in [3.05, 3.63) is 192 Å². The lowest BCUT2D eigenvalue weighted by Crippen LogP contribution is -2.31. The van der Waals surface area contributed by atoms with Crippen LogP contribution in [-0.4, -0.2) is 0 Å². The van der Waals surface area contributed by atoms with E-state index in [9.17, 15) is 26.3 Å². The van der Waals surface area contributed by atoms with Crippen LogP contribution in [-0.2, 0) is 21.5 Å². The van der Waals surface area contributed by atoms with E-state index in [1.807, 2.05) is 36.4 Å². The number of alkyl halides is 6. The van der Waals surface area contributed by atoms with Crippen LogP contribution in [0.2, 0.25) is 0 Å². The van der Waals surface area contributed by atoms with Gasteiger partial charge in [0.2, 0.25) is 0 Å². The van der Waals surface area contributed by atoms with Gasteiger partial charge < -0.3 is 9.13 Å². The average Bonchev–Trinajstić information content (AvgIpc) is 3.22. The molecule has 0 aromatic heterocycles. The van der Waals surface area contributed by atoms with Crippen molar-refractivity contribution in [2.24, 2.45) is 0 Å². The van der Waals surface area contributed by atoms with Gasteiger partial charge in [0, 0.05) is 43.0 Å². The zero-order valence-electron chi connectivity index (χ0n) is 31.1. The van der Waals surface area contributed by atoms with Gasteiger partial charge in [0.25, 0.3) is 0 Å². The summed E-state index contributed by atoms with van der Waals surface area (Å²) in [4.78, 5) is 0. The minimum absolute atomic E-state index is 0.0639. The topological polar surface area (TPSA) is 34.1 Å². The van der Waals surface area contributed by atoms with Crippen LogP contribution >= 0.6 is 14.3 Å². The fraction of sp³-hybridized carbons (Fsp3) is 0.0833. The molecule has 290 valence electrons. The van der Waals surface area contributed by atoms with Crippen LogP contribution in [0.1, 0.15) is 22.3 Å². The summed E-state index contributed by atoms with van der Waals surface area (Å²) in [6.07, 6.45) is -9.48. The molecule has 58 heavy (non-hydrogen) atoms. The van der Waals surface area contributed by atoms with Gasteiger partial charge in [-0.15, -0.1) is 0 Å². The Morgan fingerprint density at radius 2 is 0.724 bits per heavy atom. The smallest absolute Gasteiger partial charge is 0.309 e. The molecule has 0 saturated heterocycles. The molecule has 0 aliphatic heterocycles. The highest BCUT2D eigenvalue weighted by Gasteiger charge is 2.41. The first-order chi connectivity index (χ1) is 27.6. The van der Waals surface area contributed by atoms with Crippen LogP contribution in [0, 0.1) is 13.8 Å². The van der Waals surface area contributed by atoms with Crippen molar-refractivity contribution >= 4 is 67.7 Å². The predicted octanol–water partition coefficient (Wildman–Crippen LogP) is 11.6. The largest absolute Gasteiger partial charge is 0.416 e. The van der Waals surface area contributed by atoms with E-state index in [4.69, 9.17) is 0 Å². The number of hydrogen-bond donors (Lipinski definition) is 0. The first-order valence-corrected chi connectivity index (χ1v) is 21.8. The molecule has 0 N–H and O–H groups in total. The number of aryl methyl sites for hydroxylation is 2. The molecule has 0 bridgehead atoms.